The van der Waals surface area contributed by atoms with Gasteiger partial charge in [-0.05, 0) is 37.3 Å². The van der Waals surface area contributed by atoms with Crippen LogP contribution in [-0.4, -0.2) is 40.5 Å². The van der Waals surface area contributed by atoms with Crippen molar-refractivity contribution in [1.29, 1.82) is 0 Å². The number of anilines is 2. The van der Waals surface area contributed by atoms with E-state index in [2.05, 4.69) is 45.9 Å². The summed E-state index contributed by atoms with van der Waals surface area (Å²) in [5, 5.41) is 4.26. The topological polar surface area (TPSA) is 65.3 Å². The van der Waals surface area contributed by atoms with Gasteiger partial charge in [0.1, 0.15) is 11.5 Å². The maximum Gasteiger partial charge on any atom is 0.124 e. The summed E-state index contributed by atoms with van der Waals surface area (Å²) in [6.45, 7) is 2.52. The van der Waals surface area contributed by atoms with E-state index in [0.717, 1.165) is 39.2 Å². The van der Waals surface area contributed by atoms with Crippen molar-refractivity contribution >= 4 is 22.4 Å². The van der Waals surface area contributed by atoms with E-state index < -0.39 is 0 Å². The van der Waals surface area contributed by atoms with Crippen LogP contribution in [0.3, 0.4) is 0 Å². The van der Waals surface area contributed by atoms with Gasteiger partial charge < -0.3 is 14.4 Å². The van der Waals surface area contributed by atoms with Crippen LogP contribution in [-0.2, 0) is 7.05 Å². The molecule has 0 saturated heterocycles. The van der Waals surface area contributed by atoms with Crippen LogP contribution in [0.2, 0.25) is 0 Å². The highest BCUT2D eigenvalue weighted by molar-refractivity contribution is 5.83. The average molecular weight is 490 g/mol. The van der Waals surface area contributed by atoms with Crippen LogP contribution >= 0.6 is 0 Å². The molecule has 0 aliphatic heterocycles. The molecule has 7 heteroatoms. The lowest BCUT2D eigenvalue weighted by Crippen LogP contribution is -2.17. The molecule has 0 saturated carbocycles. The van der Waals surface area contributed by atoms with Gasteiger partial charge in [0.25, 0.3) is 0 Å². The summed E-state index contributed by atoms with van der Waals surface area (Å²) < 4.78 is 12.8. The van der Waals surface area contributed by atoms with Crippen molar-refractivity contribution in [2.24, 2.45) is 7.05 Å². The molecular formula is C30H27N5O2. The van der Waals surface area contributed by atoms with Crippen molar-refractivity contribution < 1.29 is 9.47 Å². The van der Waals surface area contributed by atoms with Gasteiger partial charge in [-0.1, -0.05) is 29.5 Å². The fourth-order valence-corrected chi connectivity index (χ4v) is 4.00. The van der Waals surface area contributed by atoms with Gasteiger partial charge in [-0.25, -0.2) is 4.98 Å². The minimum absolute atomic E-state index is 0.450. The smallest absolute Gasteiger partial charge is 0.124 e. The summed E-state index contributed by atoms with van der Waals surface area (Å²) in [6.07, 6.45) is 5.49. The normalized spacial score (nSPS) is 10.6. The lowest BCUT2D eigenvalue weighted by atomic mass is 10.1. The molecule has 7 nitrogen and oxygen atoms in total. The van der Waals surface area contributed by atoms with Crippen LogP contribution in [0, 0.1) is 18.8 Å². The predicted molar refractivity (Wildman–Crippen MR) is 146 cm³/mol. The summed E-state index contributed by atoms with van der Waals surface area (Å²) in [6, 6.07) is 20.0. The number of fused-ring (bicyclic) bond motifs is 1. The first-order valence-corrected chi connectivity index (χ1v) is 11.8. The Morgan fingerprint density at radius 2 is 1.62 bits per heavy atom. The highest BCUT2D eigenvalue weighted by Gasteiger charge is 2.14. The molecule has 0 amide bonds. The van der Waals surface area contributed by atoms with E-state index in [1.807, 2.05) is 61.8 Å². The summed E-state index contributed by atoms with van der Waals surface area (Å²) in [7, 11) is 5.17. The van der Waals surface area contributed by atoms with Crippen LogP contribution in [0.25, 0.3) is 22.3 Å². The highest BCUT2D eigenvalue weighted by Crippen LogP contribution is 2.34. The minimum Gasteiger partial charge on any atom is -0.497 e. The summed E-state index contributed by atoms with van der Waals surface area (Å²) in [5.41, 5.74) is 7.28. The molecule has 0 bridgehead atoms. The van der Waals surface area contributed by atoms with E-state index in [1.165, 1.54) is 5.56 Å². The van der Waals surface area contributed by atoms with Gasteiger partial charge in [0.2, 0.25) is 0 Å². The third-order valence-corrected chi connectivity index (χ3v) is 6.01. The maximum absolute atomic E-state index is 5.53. The van der Waals surface area contributed by atoms with Gasteiger partial charge in [0.15, 0.2) is 0 Å². The Morgan fingerprint density at radius 1 is 0.865 bits per heavy atom. The van der Waals surface area contributed by atoms with Crippen LogP contribution in [0.5, 0.6) is 11.5 Å². The summed E-state index contributed by atoms with van der Waals surface area (Å²) in [4.78, 5) is 11.6. The Morgan fingerprint density at radius 3 is 2.30 bits per heavy atom. The van der Waals surface area contributed by atoms with Crippen molar-refractivity contribution in [3.8, 4) is 34.6 Å². The number of rotatable bonds is 6. The number of nitrogens with zero attached hydrogens (tertiary/aromatic N) is 5. The number of hydrogen-bond acceptors (Lipinski definition) is 6. The molecule has 0 spiro atoms. The van der Waals surface area contributed by atoms with Gasteiger partial charge in [-0.3, -0.25) is 9.67 Å². The molecule has 184 valence electrons. The Kier molecular flexibility index (Phi) is 6.73. The zero-order valence-corrected chi connectivity index (χ0v) is 21.3. The standard InChI is InChI=1S/C30H27N5O2/c1-21-7-9-22(10-8-21)6-5-13-35(25-14-26(36-3)17-27(15-25)37-4)24-11-12-28-29(16-24)33-30(19-31-28)23-18-32-34(2)20-23/h7-12,14-20H,13H2,1-4H3. The first kappa shape index (κ1) is 23.9. The van der Waals surface area contributed by atoms with Gasteiger partial charge >= 0.3 is 0 Å². The Labute approximate surface area is 216 Å². The van der Waals surface area contributed by atoms with Crippen molar-refractivity contribution in [2.45, 2.75) is 6.92 Å². The third kappa shape index (κ3) is 5.39. The molecule has 37 heavy (non-hydrogen) atoms. The summed E-state index contributed by atoms with van der Waals surface area (Å²) in [5.74, 6) is 8.00. The molecule has 0 radical (unpaired) electrons. The number of hydrogen-bond donors (Lipinski definition) is 0. The fraction of sp³-hybridized carbons (Fsp3) is 0.167. The number of ether oxygens (including phenoxy) is 2. The molecule has 0 unspecified atom stereocenters. The Balaban J connectivity index is 1.57. The molecule has 0 N–H and O–H groups in total. The molecule has 3 aromatic carbocycles. The minimum atomic E-state index is 0.450. The Hall–Kier alpha value is -4.83. The SMILES string of the molecule is COc1cc(OC)cc(N(CC#Cc2ccc(C)cc2)c2ccc3ncc(-c4cnn(C)c4)nc3c2)c1. The molecule has 0 fully saturated rings. The zero-order valence-electron chi connectivity index (χ0n) is 21.3. The molecule has 2 heterocycles. The monoisotopic (exact) mass is 489 g/mol. The quantitative estimate of drug-likeness (QED) is 0.292. The maximum atomic E-state index is 5.53. The lowest BCUT2D eigenvalue weighted by molar-refractivity contribution is 0.394. The second kappa shape index (κ2) is 10.4. The first-order chi connectivity index (χ1) is 18.0. The predicted octanol–water partition coefficient (Wildman–Crippen LogP) is 5.55. The van der Waals surface area contributed by atoms with E-state index in [0.29, 0.717) is 18.0 Å². The lowest BCUT2D eigenvalue weighted by Gasteiger charge is -2.24. The molecule has 2 aromatic heterocycles. The fourth-order valence-electron chi connectivity index (χ4n) is 4.00. The van der Waals surface area contributed by atoms with Crippen LogP contribution in [0.1, 0.15) is 11.1 Å². The largest absolute Gasteiger partial charge is 0.497 e. The molecule has 0 aliphatic carbocycles. The first-order valence-electron chi connectivity index (χ1n) is 11.8. The number of aromatic nitrogens is 4. The second-order valence-electron chi connectivity index (χ2n) is 8.66. The molecule has 5 aromatic rings. The van der Waals surface area contributed by atoms with Crippen molar-refractivity contribution in [1.82, 2.24) is 19.7 Å². The second-order valence-corrected chi connectivity index (χ2v) is 8.66. The third-order valence-electron chi connectivity index (χ3n) is 6.01. The van der Waals surface area contributed by atoms with E-state index in [9.17, 15) is 0 Å². The summed E-state index contributed by atoms with van der Waals surface area (Å²) >= 11 is 0. The van der Waals surface area contributed by atoms with Crippen LogP contribution < -0.4 is 14.4 Å². The van der Waals surface area contributed by atoms with Crippen LogP contribution in [0.15, 0.2) is 79.3 Å². The van der Waals surface area contributed by atoms with Gasteiger partial charge in [-0.2, -0.15) is 5.10 Å². The van der Waals surface area contributed by atoms with E-state index in [4.69, 9.17) is 14.5 Å². The van der Waals surface area contributed by atoms with Crippen molar-refractivity contribution in [3.63, 3.8) is 0 Å². The van der Waals surface area contributed by atoms with E-state index in [1.54, 1.807) is 31.3 Å². The average Bonchev–Trinajstić information content (AvgIpc) is 3.37. The zero-order chi connectivity index (χ0) is 25.8. The van der Waals surface area contributed by atoms with Crippen molar-refractivity contribution in [2.75, 3.05) is 25.7 Å². The van der Waals surface area contributed by atoms with Gasteiger partial charge in [-0.15, -0.1) is 0 Å². The molecule has 5 rings (SSSR count). The number of aryl methyl sites for hydroxylation is 2. The Bertz CT molecular complexity index is 1590. The highest BCUT2D eigenvalue weighted by atomic mass is 16.5. The van der Waals surface area contributed by atoms with Crippen LogP contribution in [0.4, 0.5) is 11.4 Å². The van der Waals surface area contributed by atoms with Gasteiger partial charge in [0, 0.05) is 53.9 Å². The van der Waals surface area contributed by atoms with E-state index >= 15 is 0 Å². The molecule has 0 atom stereocenters. The van der Waals surface area contributed by atoms with Gasteiger partial charge in [0.05, 0.1) is 49.9 Å². The van der Waals surface area contributed by atoms with Crippen molar-refractivity contribution in [3.05, 3.63) is 90.4 Å². The number of benzene rings is 3. The molecule has 0 aliphatic rings. The number of methoxy groups -OCH3 is 2. The molecular weight excluding hydrogens is 462 g/mol. The van der Waals surface area contributed by atoms with E-state index in [-0.39, 0.29) is 0 Å².